The van der Waals surface area contributed by atoms with Crippen LogP contribution in [0.25, 0.3) is 11.1 Å². The van der Waals surface area contributed by atoms with Crippen LogP contribution in [0.4, 0.5) is 5.69 Å². The van der Waals surface area contributed by atoms with Crippen molar-refractivity contribution < 1.29 is 9.90 Å². The molecule has 7 nitrogen and oxygen atoms in total. The molecule has 3 aromatic rings. The molecular weight excluding hydrogens is 458 g/mol. The summed E-state index contributed by atoms with van der Waals surface area (Å²) in [6, 6.07) is 21.5. The summed E-state index contributed by atoms with van der Waals surface area (Å²) in [5, 5.41) is 23.3. The summed E-state index contributed by atoms with van der Waals surface area (Å²) in [6.07, 6.45) is 0.444. The lowest BCUT2D eigenvalue weighted by Crippen LogP contribution is -2.62. The largest absolute Gasteiger partial charge is 0.387 e. The minimum atomic E-state index is -1.29. The SMILES string of the molecule is CN1C(=O)C(C2(O)CCN(c3ccccc3)C2)[C@@](C)(c2cc(-c3cccc(C#N)c3)cs2)N=C1N. The summed E-state index contributed by atoms with van der Waals surface area (Å²) in [6.45, 7) is 2.86. The lowest BCUT2D eigenvalue weighted by atomic mass is 9.71. The third-order valence-electron chi connectivity index (χ3n) is 7.19. The number of rotatable bonds is 4. The number of hydrogen-bond donors (Lipinski definition) is 2. The van der Waals surface area contributed by atoms with E-state index in [1.807, 2.05) is 66.9 Å². The molecule has 3 atom stereocenters. The molecule has 5 rings (SSSR count). The number of aliphatic hydroxyl groups is 1. The van der Waals surface area contributed by atoms with E-state index in [2.05, 4.69) is 11.0 Å². The Morgan fingerprint density at radius 1 is 1.17 bits per heavy atom. The highest BCUT2D eigenvalue weighted by molar-refractivity contribution is 7.10. The summed E-state index contributed by atoms with van der Waals surface area (Å²) in [4.78, 5) is 22.8. The fourth-order valence-electron chi connectivity index (χ4n) is 5.31. The summed E-state index contributed by atoms with van der Waals surface area (Å²) >= 11 is 1.49. The predicted molar refractivity (Wildman–Crippen MR) is 138 cm³/mol. The molecule has 1 aromatic heterocycles. The van der Waals surface area contributed by atoms with Gasteiger partial charge in [0.15, 0.2) is 5.96 Å². The first-order chi connectivity index (χ1) is 16.7. The van der Waals surface area contributed by atoms with Gasteiger partial charge in [-0.3, -0.25) is 9.69 Å². The van der Waals surface area contributed by atoms with Crippen LogP contribution in [0, 0.1) is 17.2 Å². The van der Waals surface area contributed by atoms with Gasteiger partial charge >= 0.3 is 0 Å². The maximum atomic E-state index is 13.7. The molecule has 0 bridgehead atoms. The molecule has 0 saturated carbocycles. The van der Waals surface area contributed by atoms with Crippen LogP contribution >= 0.6 is 11.3 Å². The van der Waals surface area contributed by atoms with Gasteiger partial charge in [0.25, 0.3) is 0 Å². The van der Waals surface area contributed by atoms with Crippen molar-refractivity contribution in [2.75, 3.05) is 25.0 Å². The Labute approximate surface area is 208 Å². The van der Waals surface area contributed by atoms with Gasteiger partial charge in [-0.05, 0) is 60.2 Å². The van der Waals surface area contributed by atoms with Crippen molar-refractivity contribution >= 4 is 28.9 Å². The van der Waals surface area contributed by atoms with Gasteiger partial charge in [0.1, 0.15) is 5.54 Å². The normalized spacial score (nSPS) is 26.5. The lowest BCUT2D eigenvalue weighted by molar-refractivity contribution is -0.146. The number of benzene rings is 2. The number of β-amino-alcohol motifs (C(OH)–C–C–N with tert-alkyl or cyclic N) is 1. The minimum absolute atomic E-state index is 0.136. The monoisotopic (exact) mass is 485 g/mol. The van der Waals surface area contributed by atoms with Crippen LogP contribution in [0.3, 0.4) is 0 Å². The van der Waals surface area contributed by atoms with Gasteiger partial charge in [0, 0.05) is 30.7 Å². The van der Waals surface area contributed by atoms with Gasteiger partial charge in [-0.2, -0.15) is 5.26 Å². The Morgan fingerprint density at radius 3 is 2.69 bits per heavy atom. The molecule has 0 radical (unpaired) electrons. The average molecular weight is 486 g/mol. The van der Waals surface area contributed by atoms with Gasteiger partial charge in [-0.1, -0.05) is 30.3 Å². The number of amides is 1. The van der Waals surface area contributed by atoms with Crippen LogP contribution in [0.2, 0.25) is 0 Å². The number of nitrogens with two attached hydrogens (primary N) is 1. The number of para-hydroxylation sites is 1. The number of nitriles is 1. The number of nitrogens with zero attached hydrogens (tertiary/aromatic N) is 4. The van der Waals surface area contributed by atoms with Crippen LogP contribution in [0.1, 0.15) is 23.8 Å². The van der Waals surface area contributed by atoms with E-state index in [9.17, 15) is 15.2 Å². The van der Waals surface area contributed by atoms with E-state index in [0.29, 0.717) is 25.1 Å². The first-order valence-corrected chi connectivity index (χ1v) is 12.4. The van der Waals surface area contributed by atoms with E-state index in [0.717, 1.165) is 21.7 Å². The molecular formula is C27H27N5O2S. The Morgan fingerprint density at radius 2 is 1.94 bits per heavy atom. The smallest absolute Gasteiger partial charge is 0.237 e. The second-order valence-electron chi connectivity index (χ2n) is 9.45. The zero-order valence-electron chi connectivity index (χ0n) is 19.7. The zero-order valence-corrected chi connectivity index (χ0v) is 20.5. The summed E-state index contributed by atoms with van der Waals surface area (Å²) in [5.74, 6) is -0.909. The molecule has 2 unspecified atom stereocenters. The molecule has 0 spiro atoms. The molecule has 2 aliphatic rings. The number of hydrogen-bond acceptors (Lipinski definition) is 7. The van der Waals surface area contributed by atoms with Crippen LogP contribution in [0.15, 0.2) is 71.0 Å². The second kappa shape index (κ2) is 8.52. The molecule has 35 heavy (non-hydrogen) atoms. The Bertz CT molecular complexity index is 1350. The van der Waals surface area contributed by atoms with Crippen molar-refractivity contribution in [3.8, 4) is 17.2 Å². The van der Waals surface area contributed by atoms with E-state index in [-0.39, 0.29) is 11.9 Å². The molecule has 178 valence electrons. The number of carbonyl (C=O) groups is 1. The highest BCUT2D eigenvalue weighted by Gasteiger charge is 2.59. The van der Waals surface area contributed by atoms with Crippen molar-refractivity contribution in [1.29, 1.82) is 5.26 Å². The fraction of sp³-hybridized carbons (Fsp3) is 0.296. The number of carbonyl (C=O) groups excluding carboxylic acids is 1. The first kappa shape index (κ1) is 23.1. The second-order valence-corrected chi connectivity index (χ2v) is 10.4. The molecule has 8 heteroatoms. The topological polar surface area (TPSA) is 106 Å². The van der Waals surface area contributed by atoms with E-state index in [4.69, 9.17) is 10.7 Å². The van der Waals surface area contributed by atoms with Crippen LogP contribution in [-0.4, -0.2) is 47.6 Å². The maximum absolute atomic E-state index is 13.7. The number of aliphatic imine (C=N–C) groups is 1. The molecule has 0 aliphatic carbocycles. The third kappa shape index (κ3) is 3.87. The van der Waals surface area contributed by atoms with Crippen LogP contribution in [0.5, 0.6) is 0 Å². The predicted octanol–water partition coefficient (Wildman–Crippen LogP) is 3.55. The number of anilines is 1. The standard InChI is InChI=1S/C27H27N5O2S/c1-26(22-14-20(16-35-22)19-8-6-7-18(13-19)15-28)23(24(33)31(2)25(29)30-26)27(34)11-12-32(17-27)21-9-4-3-5-10-21/h3-10,13-14,16,23,34H,11-12,17H2,1-2H3,(H2,29,30)/t23?,26-,27?/m1/s1. The van der Waals surface area contributed by atoms with Crippen LogP contribution < -0.4 is 10.6 Å². The Kier molecular flexibility index (Phi) is 5.62. The molecule has 1 amide bonds. The van der Waals surface area contributed by atoms with Gasteiger partial charge in [0.2, 0.25) is 5.91 Å². The maximum Gasteiger partial charge on any atom is 0.237 e. The van der Waals surface area contributed by atoms with E-state index >= 15 is 0 Å². The molecule has 3 N–H and O–H groups in total. The van der Waals surface area contributed by atoms with Crippen LogP contribution in [-0.2, 0) is 10.3 Å². The van der Waals surface area contributed by atoms with Gasteiger partial charge in [-0.15, -0.1) is 11.3 Å². The Hall–Kier alpha value is -3.67. The molecule has 1 saturated heterocycles. The molecule has 3 heterocycles. The lowest BCUT2D eigenvalue weighted by Gasteiger charge is -2.46. The minimum Gasteiger partial charge on any atom is -0.387 e. The summed E-state index contributed by atoms with van der Waals surface area (Å²) < 4.78 is 0. The van der Waals surface area contributed by atoms with Crippen molar-refractivity contribution in [3.63, 3.8) is 0 Å². The van der Waals surface area contributed by atoms with Crippen molar-refractivity contribution in [1.82, 2.24) is 4.90 Å². The molecule has 1 fully saturated rings. The van der Waals surface area contributed by atoms with Crippen molar-refractivity contribution in [2.24, 2.45) is 16.6 Å². The van der Waals surface area contributed by atoms with Crippen molar-refractivity contribution in [2.45, 2.75) is 24.5 Å². The molecule has 2 aromatic carbocycles. The van der Waals surface area contributed by atoms with E-state index in [1.165, 1.54) is 16.2 Å². The first-order valence-electron chi connectivity index (χ1n) is 11.5. The van der Waals surface area contributed by atoms with E-state index < -0.39 is 17.1 Å². The highest BCUT2D eigenvalue weighted by atomic mass is 32.1. The zero-order chi connectivity index (χ0) is 24.8. The summed E-state index contributed by atoms with van der Waals surface area (Å²) in [7, 11) is 1.61. The third-order valence-corrected chi connectivity index (χ3v) is 8.35. The summed E-state index contributed by atoms with van der Waals surface area (Å²) in [5.41, 5.74) is 7.31. The van der Waals surface area contributed by atoms with Gasteiger partial charge in [0.05, 0.1) is 23.2 Å². The van der Waals surface area contributed by atoms with E-state index in [1.54, 1.807) is 13.1 Å². The van der Waals surface area contributed by atoms with Gasteiger partial charge < -0.3 is 15.7 Å². The Balaban J connectivity index is 1.55. The van der Waals surface area contributed by atoms with Gasteiger partial charge in [-0.25, -0.2) is 4.99 Å². The number of thiophene rings is 1. The average Bonchev–Trinajstić information content (AvgIpc) is 3.52. The highest BCUT2D eigenvalue weighted by Crippen LogP contribution is 2.49. The van der Waals surface area contributed by atoms with Crippen molar-refractivity contribution in [3.05, 3.63) is 76.5 Å². The fourth-order valence-corrected chi connectivity index (χ4v) is 6.36. The quantitative estimate of drug-likeness (QED) is 0.588. The number of guanidine groups is 1. The molecule has 2 aliphatic heterocycles.